The van der Waals surface area contributed by atoms with Gasteiger partial charge in [-0.3, -0.25) is 5.84 Å². The number of hydrazine groups is 1. The summed E-state index contributed by atoms with van der Waals surface area (Å²) in [5.41, 5.74) is 7.76. The summed E-state index contributed by atoms with van der Waals surface area (Å²) in [6, 6.07) is 14.8. The number of benzene rings is 2. The first-order valence-corrected chi connectivity index (χ1v) is 7.88. The van der Waals surface area contributed by atoms with E-state index in [1.54, 1.807) is 0 Å². The highest BCUT2D eigenvalue weighted by atomic mass is 35.5. The summed E-state index contributed by atoms with van der Waals surface area (Å²) >= 11 is 6.16. The van der Waals surface area contributed by atoms with Gasteiger partial charge < -0.3 is 0 Å². The SMILES string of the molecule is Cc1cc(Cl)cc(C(NN)c2ccc(C3CCC3)cc2)c1. The lowest BCUT2D eigenvalue weighted by Gasteiger charge is -2.26. The van der Waals surface area contributed by atoms with Crippen molar-refractivity contribution in [1.82, 2.24) is 5.43 Å². The molecule has 0 aliphatic heterocycles. The molecule has 110 valence electrons. The molecule has 3 N–H and O–H groups in total. The van der Waals surface area contributed by atoms with Gasteiger partial charge in [-0.2, -0.15) is 0 Å². The van der Waals surface area contributed by atoms with E-state index in [4.69, 9.17) is 17.4 Å². The van der Waals surface area contributed by atoms with Crippen LogP contribution in [-0.2, 0) is 0 Å². The Morgan fingerprint density at radius 1 is 1.10 bits per heavy atom. The fourth-order valence-electron chi connectivity index (χ4n) is 3.02. The minimum atomic E-state index is -0.0298. The smallest absolute Gasteiger partial charge is 0.0710 e. The number of halogens is 1. The van der Waals surface area contributed by atoms with Gasteiger partial charge in [0.1, 0.15) is 0 Å². The topological polar surface area (TPSA) is 38.0 Å². The third-order valence-corrected chi connectivity index (χ3v) is 4.63. The molecule has 3 rings (SSSR count). The summed E-state index contributed by atoms with van der Waals surface area (Å²) in [6.45, 7) is 2.04. The van der Waals surface area contributed by atoms with Crippen LogP contribution in [0, 0.1) is 6.92 Å². The molecular formula is C18H21ClN2. The van der Waals surface area contributed by atoms with Crippen molar-refractivity contribution in [2.75, 3.05) is 0 Å². The summed E-state index contributed by atoms with van der Waals surface area (Å²) in [6.07, 6.45) is 4.01. The van der Waals surface area contributed by atoms with Crippen molar-refractivity contribution in [3.63, 3.8) is 0 Å². The predicted octanol–water partition coefficient (Wildman–Crippen LogP) is 4.47. The van der Waals surface area contributed by atoms with E-state index in [0.717, 1.165) is 22.1 Å². The summed E-state index contributed by atoms with van der Waals surface area (Å²) in [4.78, 5) is 0. The van der Waals surface area contributed by atoms with Gasteiger partial charge in [0, 0.05) is 5.02 Å². The van der Waals surface area contributed by atoms with Crippen molar-refractivity contribution in [3.8, 4) is 0 Å². The highest BCUT2D eigenvalue weighted by Crippen LogP contribution is 2.37. The number of nitrogens with two attached hydrogens (primary N) is 1. The Morgan fingerprint density at radius 3 is 2.33 bits per heavy atom. The molecule has 1 saturated carbocycles. The molecule has 0 saturated heterocycles. The van der Waals surface area contributed by atoms with E-state index < -0.39 is 0 Å². The molecule has 0 aromatic heterocycles. The predicted molar refractivity (Wildman–Crippen MR) is 88.4 cm³/mol. The number of rotatable bonds is 4. The fourth-order valence-corrected chi connectivity index (χ4v) is 3.32. The summed E-state index contributed by atoms with van der Waals surface area (Å²) < 4.78 is 0. The Morgan fingerprint density at radius 2 is 1.81 bits per heavy atom. The third-order valence-electron chi connectivity index (χ3n) is 4.41. The minimum Gasteiger partial charge on any atom is -0.271 e. The van der Waals surface area contributed by atoms with Gasteiger partial charge in [-0.25, -0.2) is 5.43 Å². The highest BCUT2D eigenvalue weighted by molar-refractivity contribution is 6.30. The van der Waals surface area contributed by atoms with Crippen molar-refractivity contribution < 1.29 is 0 Å². The van der Waals surface area contributed by atoms with Gasteiger partial charge in [0.2, 0.25) is 0 Å². The van der Waals surface area contributed by atoms with Crippen LogP contribution in [0.2, 0.25) is 5.02 Å². The van der Waals surface area contributed by atoms with Gasteiger partial charge in [-0.15, -0.1) is 0 Å². The Kier molecular flexibility index (Phi) is 4.29. The second kappa shape index (κ2) is 6.18. The minimum absolute atomic E-state index is 0.0298. The second-order valence-corrected chi connectivity index (χ2v) is 6.39. The number of aryl methyl sites for hydroxylation is 1. The monoisotopic (exact) mass is 300 g/mol. The van der Waals surface area contributed by atoms with Crippen LogP contribution in [0.1, 0.15) is 53.5 Å². The molecule has 1 aliphatic rings. The van der Waals surface area contributed by atoms with Crippen LogP contribution in [0.4, 0.5) is 0 Å². The molecule has 1 atom stereocenters. The van der Waals surface area contributed by atoms with Crippen LogP contribution in [0.5, 0.6) is 0 Å². The van der Waals surface area contributed by atoms with Crippen molar-refractivity contribution >= 4 is 11.6 Å². The summed E-state index contributed by atoms with van der Waals surface area (Å²) in [7, 11) is 0. The maximum Gasteiger partial charge on any atom is 0.0710 e. The lowest BCUT2D eigenvalue weighted by molar-refractivity contribution is 0.419. The number of hydrogen-bond donors (Lipinski definition) is 2. The summed E-state index contributed by atoms with van der Waals surface area (Å²) in [5, 5.41) is 0.747. The molecule has 1 fully saturated rings. The van der Waals surface area contributed by atoms with Gasteiger partial charge in [-0.1, -0.05) is 48.4 Å². The van der Waals surface area contributed by atoms with E-state index in [9.17, 15) is 0 Å². The summed E-state index contributed by atoms with van der Waals surface area (Å²) in [5.74, 6) is 6.54. The molecule has 0 spiro atoms. The van der Waals surface area contributed by atoms with Crippen LogP contribution in [0.3, 0.4) is 0 Å². The van der Waals surface area contributed by atoms with Crippen LogP contribution >= 0.6 is 11.6 Å². The average Bonchev–Trinajstić information content (AvgIpc) is 2.38. The normalized spacial score (nSPS) is 16.5. The first-order valence-electron chi connectivity index (χ1n) is 7.50. The molecule has 21 heavy (non-hydrogen) atoms. The third kappa shape index (κ3) is 3.13. The molecule has 2 nitrogen and oxygen atoms in total. The zero-order chi connectivity index (χ0) is 14.8. The van der Waals surface area contributed by atoms with Crippen LogP contribution < -0.4 is 11.3 Å². The van der Waals surface area contributed by atoms with E-state index in [-0.39, 0.29) is 6.04 Å². The molecule has 1 unspecified atom stereocenters. The standard InChI is InChI=1S/C18H21ClN2/c1-12-9-16(11-17(19)10-12)18(21-20)15-7-5-14(6-8-15)13-3-2-4-13/h5-11,13,18,21H,2-4,20H2,1H3. The second-order valence-electron chi connectivity index (χ2n) is 5.96. The number of hydrogen-bond acceptors (Lipinski definition) is 2. The van der Waals surface area contributed by atoms with Crippen molar-refractivity contribution in [1.29, 1.82) is 0 Å². The zero-order valence-corrected chi connectivity index (χ0v) is 13.0. The van der Waals surface area contributed by atoms with E-state index in [2.05, 4.69) is 35.8 Å². The molecule has 2 aromatic rings. The molecule has 0 radical (unpaired) electrons. The molecule has 0 heterocycles. The molecular weight excluding hydrogens is 280 g/mol. The average molecular weight is 301 g/mol. The van der Waals surface area contributed by atoms with Gasteiger partial charge in [-0.05, 0) is 60.1 Å². The van der Waals surface area contributed by atoms with E-state index in [1.807, 2.05) is 19.1 Å². The van der Waals surface area contributed by atoms with Crippen molar-refractivity contribution in [2.24, 2.45) is 5.84 Å². The Hall–Kier alpha value is -1.35. The Balaban J connectivity index is 1.88. The fraction of sp³-hybridized carbons (Fsp3) is 0.333. The van der Waals surface area contributed by atoms with Crippen LogP contribution in [0.25, 0.3) is 0 Å². The van der Waals surface area contributed by atoms with Crippen LogP contribution in [0.15, 0.2) is 42.5 Å². The van der Waals surface area contributed by atoms with E-state index in [0.29, 0.717) is 0 Å². The van der Waals surface area contributed by atoms with Crippen molar-refractivity contribution in [2.45, 2.75) is 38.1 Å². The molecule has 0 amide bonds. The van der Waals surface area contributed by atoms with Gasteiger partial charge in [0.05, 0.1) is 6.04 Å². The van der Waals surface area contributed by atoms with Gasteiger partial charge in [0.15, 0.2) is 0 Å². The quantitative estimate of drug-likeness (QED) is 0.646. The molecule has 0 bridgehead atoms. The van der Waals surface area contributed by atoms with E-state index >= 15 is 0 Å². The molecule has 3 heteroatoms. The highest BCUT2D eigenvalue weighted by Gasteiger charge is 2.20. The first kappa shape index (κ1) is 14.6. The number of nitrogens with one attached hydrogen (secondary N) is 1. The van der Waals surface area contributed by atoms with E-state index in [1.165, 1.54) is 30.4 Å². The Labute approximate surface area is 131 Å². The zero-order valence-electron chi connectivity index (χ0n) is 12.3. The largest absolute Gasteiger partial charge is 0.271 e. The molecule has 2 aromatic carbocycles. The van der Waals surface area contributed by atoms with Gasteiger partial charge >= 0.3 is 0 Å². The molecule has 1 aliphatic carbocycles. The first-order chi connectivity index (χ1) is 10.2. The lowest BCUT2D eigenvalue weighted by atomic mass is 9.79. The van der Waals surface area contributed by atoms with Gasteiger partial charge in [0.25, 0.3) is 0 Å². The lowest BCUT2D eigenvalue weighted by Crippen LogP contribution is -2.29. The maximum atomic E-state index is 6.16. The van der Waals surface area contributed by atoms with Crippen LogP contribution in [-0.4, -0.2) is 0 Å². The maximum absolute atomic E-state index is 6.16. The Bertz CT molecular complexity index is 597. The van der Waals surface area contributed by atoms with Crippen molar-refractivity contribution in [3.05, 3.63) is 69.7 Å².